The maximum atomic E-state index is 5.60. The highest BCUT2D eigenvalue weighted by atomic mass is 15.2. The van der Waals surface area contributed by atoms with Crippen molar-refractivity contribution in [3.63, 3.8) is 0 Å². The summed E-state index contributed by atoms with van der Waals surface area (Å²) < 4.78 is 0. The van der Waals surface area contributed by atoms with Crippen LogP contribution in [-0.4, -0.2) is 6.04 Å². The number of hydrogen-bond acceptors (Lipinski definition) is 2. The number of nitrogens with two attached hydrogens (primary N) is 1. The zero-order valence-corrected chi connectivity index (χ0v) is 9.76. The SMILES string of the molecule is CCCCCCC(NN)C(C)C1CC1. The van der Waals surface area contributed by atoms with Crippen molar-refractivity contribution in [2.24, 2.45) is 17.7 Å². The lowest BCUT2D eigenvalue weighted by Crippen LogP contribution is -2.40. The monoisotopic (exact) mass is 198 g/mol. The normalized spacial score (nSPS) is 20.8. The molecule has 2 atom stereocenters. The fourth-order valence-corrected chi connectivity index (χ4v) is 2.24. The molecule has 1 saturated carbocycles. The predicted octanol–water partition coefficient (Wildman–Crippen LogP) is 2.83. The molecule has 2 unspecified atom stereocenters. The van der Waals surface area contributed by atoms with Crippen LogP contribution in [0.15, 0.2) is 0 Å². The van der Waals surface area contributed by atoms with E-state index in [9.17, 15) is 0 Å². The van der Waals surface area contributed by atoms with Gasteiger partial charge in [0.15, 0.2) is 0 Å². The summed E-state index contributed by atoms with van der Waals surface area (Å²) in [4.78, 5) is 0. The van der Waals surface area contributed by atoms with E-state index in [1.807, 2.05) is 0 Å². The van der Waals surface area contributed by atoms with E-state index in [1.54, 1.807) is 0 Å². The van der Waals surface area contributed by atoms with Crippen LogP contribution >= 0.6 is 0 Å². The van der Waals surface area contributed by atoms with Crippen LogP contribution in [0.3, 0.4) is 0 Å². The van der Waals surface area contributed by atoms with Gasteiger partial charge in [-0.3, -0.25) is 11.3 Å². The lowest BCUT2D eigenvalue weighted by Gasteiger charge is -2.22. The topological polar surface area (TPSA) is 38.0 Å². The Labute approximate surface area is 88.6 Å². The van der Waals surface area contributed by atoms with Crippen LogP contribution in [0.25, 0.3) is 0 Å². The van der Waals surface area contributed by atoms with Crippen LogP contribution in [0, 0.1) is 11.8 Å². The molecule has 1 fully saturated rings. The fraction of sp³-hybridized carbons (Fsp3) is 1.00. The number of unbranched alkanes of at least 4 members (excludes halogenated alkanes) is 3. The molecule has 14 heavy (non-hydrogen) atoms. The molecule has 0 bridgehead atoms. The van der Waals surface area contributed by atoms with Crippen molar-refractivity contribution in [3.8, 4) is 0 Å². The Bertz CT molecular complexity index is 143. The second-order valence-electron chi connectivity index (χ2n) is 4.82. The highest BCUT2D eigenvalue weighted by Gasteiger charge is 2.32. The molecular weight excluding hydrogens is 172 g/mol. The molecule has 84 valence electrons. The van der Waals surface area contributed by atoms with Crippen LogP contribution < -0.4 is 11.3 Å². The fourth-order valence-electron chi connectivity index (χ4n) is 2.24. The van der Waals surface area contributed by atoms with E-state index < -0.39 is 0 Å². The van der Waals surface area contributed by atoms with E-state index >= 15 is 0 Å². The molecule has 1 aliphatic carbocycles. The minimum absolute atomic E-state index is 0.555. The minimum Gasteiger partial charge on any atom is -0.271 e. The van der Waals surface area contributed by atoms with Gasteiger partial charge >= 0.3 is 0 Å². The van der Waals surface area contributed by atoms with Gasteiger partial charge in [-0.2, -0.15) is 0 Å². The Morgan fingerprint density at radius 3 is 2.50 bits per heavy atom. The Balaban J connectivity index is 2.10. The van der Waals surface area contributed by atoms with Gasteiger partial charge < -0.3 is 0 Å². The van der Waals surface area contributed by atoms with E-state index in [-0.39, 0.29) is 0 Å². The van der Waals surface area contributed by atoms with Crippen molar-refractivity contribution in [1.29, 1.82) is 0 Å². The molecule has 2 nitrogen and oxygen atoms in total. The van der Waals surface area contributed by atoms with Gasteiger partial charge in [0.1, 0.15) is 0 Å². The van der Waals surface area contributed by atoms with Gasteiger partial charge in [-0.25, -0.2) is 0 Å². The Kier molecular flexibility index (Phi) is 5.49. The quantitative estimate of drug-likeness (QED) is 0.357. The summed E-state index contributed by atoms with van der Waals surface area (Å²) in [7, 11) is 0. The molecule has 0 saturated heterocycles. The van der Waals surface area contributed by atoms with Crippen molar-refractivity contribution in [2.45, 2.75) is 64.8 Å². The predicted molar refractivity (Wildman–Crippen MR) is 61.8 cm³/mol. The molecule has 0 aliphatic heterocycles. The third kappa shape index (κ3) is 3.97. The zero-order valence-electron chi connectivity index (χ0n) is 9.76. The van der Waals surface area contributed by atoms with Crippen LogP contribution in [0.4, 0.5) is 0 Å². The Hall–Kier alpha value is -0.0800. The smallest absolute Gasteiger partial charge is 0.0238 e. The summed E-state index contributed by atoms with van der Waals surface area (Å²) in [5.74, 6) is 7.34. The summed E-state index contributed by atoms with van der Waals surface area (Å²) in [5.41, 5.74) is 3.00. The van der Waals surface area contributed by atoms with Crippen LogP contribution in [0.1, 0.15) is 58.8 Å². The Morgan fingerprint density at radius 2 is 2.00 bits per heavy atom. The van der Waals surface area contributed by atoms with E-state index in [0.717, 1.165) is 11.8 Å². The lowest BCUT2D eigenvalue weighted by atomic mass is 9.92. The van der Waals surface area contributed by atoms with Crippen LogP contribution in [0.5, 0.6) is 0 Å². The van der Waals surface area contributed by atoms with Crippen molar-refractivity contribution < 1.29 is 0 Å². The molecule has 0 radical (unpaired) electrons. The van der Waals surface area contributed by atoms with Gasteiger partial charge in [0.2, 0.25) is 0 Å². The first-order valence-electron chi connectivity index (χ1n) is 6.25. The third-order valence-electron chi connectivity index (χ3n) is 3.58. The molecule has 0 aromatic heterocycles. The van der Waals surface area contributed by atoms with E-state index in [2.05, 4.69) is 19.3 Å². The van der Waals surface area contributed by atoms with Gasteiger partial charge in [0.05, 0.1) is 0 Å². The molecule has 0 aromatic rings. The number of nitrogens with one attached hydrogen (secondary N) is 1. The number of hydrogen-bond donors (Lipinski definition) is 2. The average molecular weight is 198 g/mol. The second-order valence-corrected chi connectivity index (χ2v) is 4.82. The molecule has 0 aromatic carbocycles. The van der Waals surface area contributed by atoms with Crippen LogP contribution in [-0.2, 0) is 0 Å². The second kappa shape index (κ2) is 6.41. The summed E-state index contributed by atoms with van der Waals surface area (Å²) in [6, 6.07) is 0.555. The molecule has 2 heteroatoms. The minimum atomic E-state index is 0.555. The Morgan fingerprint density at radius 1 is 1.29 bits per heavy atom. The molecular formula is C12H26N2. The standard InChI is InChI=1S/C12H26N2/c1-3-4-5-6-7-12(14-13)10(2)11-8-9-11/h10-12,14H,3-9,13H2,1-2H3. The number of hydrazine groups is 1. The first-order chi connectivity index (χ1) is 6.79. The maximum absolute atomic E-state index is 5.60. The molecule has 0 amide bonds. The van der Waals surface area contributed by atoms with Gasteiger partial charge in [-0.1, -0.05) is 39.5 Å². The largest absolute Gasteiger partial charge is 0.271 e. The molecule has 0 spiro atoms. The lowest BCUT2D eigenvalue weighted by molar-refractivity contribution is 0.319. The van der Waals surface area contributed by atoms with Crippen molar-refractivity contribution in [1.82, 2.24) is 5.43 Å². The highest BCUT2D eigenvalue weighted by Crippen LogP contribution is 2.38. The van der Waals surface area contributed by atoms with Crippen molar-refractivity contribution in [3.05, 3.63) is 0 Å². The van der Waals surface area contributed by atoms with Gasteiger partial charge in [0.25, 0.3) is 0 Å². The van der Waals surface area contributed by atoms with E-state index in [0.29, 0.717) is 6.04 Å². The summed E-state index contributed by atoms with van der Waals surface area (Å²) in [6.45, 7) is 4.60. The molecule has 0 heterocycles. The highest BCUT2D eigenvalue weighted by molar-refractivity contribution is 4.85. The molecule has 1 rings (SSSR count). The summed E-state index contributed by atoms with van der Waals surface area (Å²) >= 11 is 0. The zero-order chi connectivity index (χ0) is 10.4. The summed E-state index contributed by atoms with van der Waals surface area (Å²) in [5, 5.41) is 0. The van der Waals surface area contributed by atoms with Gasteiger partial charge in [-0.05, 0) is 31.1 Å². The van der Waals surface area contributed by atoms with E-state index in [1.165, 1.54) is 44.9 Å². The van der Waals surface area contributed by atoms with Crippen molar-refractivity contribution >= 4 is 0 Å². The molecule has 3 N–H and O–H groups in total. The number of rotatable bonds is 8. The first kappa shape index (κ1) is 12.0. The average Bonchev–Trinajstić information content (AvgIpc) is 3.00. The maximum Gasteiger partial charge on any atom is 0.0238 e. The van der Waals surface area contributed by atoms with E-state index in [4.69, 9.17) is 5.84 Å². The van der Waals surface area contributed by atoms with Crippen molar-refractivity contribution in [2.75, 3.05) is 0 Å². The molecule has 1 aliphatic rings. The first-order valence-corrected chi connectivity index (χ1v) is 6.25. The summed E-state index contributed by atoms with van der Waals surface area (Å²) in [6.07, 6.45) is 9.50. The van der Waals surface area contributed by atoms with Gasteiger partial charge in [-0.15, -0.1) is 0 Å². The van der Waals surface area contributed by atoms with Crippen LogP contribution in [0.2, 0.25) is 0 Å². The van der Waals surface area contributed by atoms with Gasteiger partial charge in [0, 0.05) is 6.04 Å². The third-order valence-corrected chi connectivity index (χ3v) is 3.58.